The van der Waals surface area contributed by atoms with Crippen molar-refractivity contribution in [3.8, 4) is 5.75 Å². The molecule has 5 nitrogen and oxygen atoms in total. The molecule has 0 radical (unpaired) electrons. The fourth-order valence-corrected chi connectivity index (χ4v) is 1.90. The second-order valence-electron chi connectivity index (χ2n) is 3.72. The number of para-hydroxylation sites is 1. The van der Waals surface area contributed by atoms with Gasteiger partial charge < -0.3 is 15.0 Å². The van der Waals surface area contributed by atoms with Crippen LogP contribution in [0.1, 0.15) is 17.2 Å². The molecule has 0 atom stereocenters. The summed E-state index contributed by atoms with van der Waals surface area (Å²) in [7, 11) is 0. The zero-order valence-corrected chi connectivity index (χ0v) is 8.76. The molecule has 5 heteroatoms. The highest BCUT2D eigenvalue weighted by Crippen LogP contribution is 2.24. The van der Waals surface area contributed by atoms with E-state index in [1.165, 1.54) is 0 Å². The van der Waals surface area contributed by atoms with Gasteiger partial charge in [-0.2, -0.15) is 0 Å². The number of hydrogen-bond donors (Lipinski definition) is 1. The van der Waals surface area contributed by atoms with Crippen LogP contribution in [0.3, 0.4) is 0 Å². The van der Waals surface area contributed by atoms with E-state index in [2.05, 4.69) is 10.2 Å². The number of hydrogen-bond acceptors (Lipinski definition) is 4. The summed E-state index contributed by atoms with van der Waals surface area (Å²) in [5, 5.41) is 8.12. The van der Waals surface area contributed by atoms with Crippen molar-refractivity contribution in [2.24, 2.45) is 5.73 Å². The number of ether oxygens (including phenoxy) is 1. The van der Waals surface area contributed by atoms with Gasteiger partial charge in [0.15, 0.2) is 5.82 Å². The average Bonchev–Trinajstić information content (AvgIpc) is 2.61. The Kier molecular flexibility index (Phi) is 2.11. The lowest BCUT2D eigenvalue weighted by Gasteiger charge is -2.06. The maximum Gasteiger partial charge on any atom is 0.171 e. The third-order valence-corrected chi connectivity index (χ3v) is 2.74. The van der Waals surface area contributed by atoms with E-state index < -0.39 is 0 Å². The highest BCUT2D eigenvalue weighted by atomic mass is 16.5. The summed E-state index contributed by atoms with van der Waals surface area (Å²) in [6.07, 6.45) is 0. The summed E-state index contributed by atoms with van der Waals surface area (Å²) in [5.41, 5.74) is 6.76. The van der Waals surface area contributed by atoms with Crippen molar-refractivity contribution in [1.29, 1.82) is 0 Å². The molecule has 0 bridgehead atoms. The van der Waals surface area contributed by atoms with Crippen molar-refractivity contribution >= 4 is 0 Å². The molecule has 0 unspecified atom stereocenters. The van der Waals surface area contributed by atoms with Crippen LogP contribution in [0.15, 0.2) is 24.3 Å². The van der Waals surface area contributed by atoms with E-state index in [-0.39, 0.29) is 0 Å². The van der Waals surface area contributed by atoms with Gasteiger partial charge in [-0.3, -0.25) is 0 Å². The summed E-state index contributed by atoms with van der Waals surface area (Å²) in [6.45, 7) is 1.57. The lowest BCUT2D eigenvalue weighted by atomic mass is 10.2. The summed E-state index contributed by atoms with van der Waals surface area (Å²) >= 11 is 0. The molecule has 0 saturated heterocycles. The van der Waals surface area contributed by atoms with E-state index >= 15 is 0 Å². The van der Waals surface area contributed by atoms with Gasteiger partial charge in [-0.15, -0.1) is 10.2 Å². The Hall–Kier alpha value is -1.88. The topological polar surface area (TPSA) is 66.0 Å². The van der Waals surface area contributed by atoms with Crippen LogP contribution in [0.25, 0.3) is 0 Å². The third kappa shape index (κ3) is 1.37. The highest BCUT2D eigenvalue weighted by molar-refractivity contribution is 5.34. The summed E-state index contributed by atoms with van der Waals surface area (Å²) in [5.74, 6) is 2.54. The standard InChI is InChI=1S/C11H12N4O/c12-5-10-13-14-11-7-16-9-4-2-1-3-8(9)6-15(10)11/h1-4H,5-7,12H2. The van der Waals surface area contributed by atoms with E-state index in [0.717, 1.165) is 29.5 Å². The van der Waals surface area contributed by atoms with Crippen LogP contribution in [-0.4, -0.2) is 14.8 Å². The highest BCUT2D eigenvalue weighted by Gasteiger charge is 2.17. The molecule has 82 valence electrons. The molecule has 1 aromatic heterocycles. The normalized spacial score (nSPS) is 13.6. The molecule has 0 fully saturated rings. The van der Waals surface area contributed by atoms with E-state index in [1.807, 2.05) is 28.8 Å². The Bertz CT molecular complexity index is 520. The van der Waals surface area contributed by atoms with E-state index in [0.29, 0.717) is 13.2 Å². The van der Waals surface area contributed by atoms with Crippen molar-refractivity contribution < 1.29 is 4.74 Å². The van der Waals surface area contributed by atoms with Gasteiger partial charge in [0.25, 0.3) is 0 Å². The van der Waals surface area contributed by atoms with Crippen LogP contribution in [0.5, 0.6) is 5.75 Å². The number of nitrogens with two attached hydrogens (primary N) is 1. The smallest absolute Gasteiger partial charge is 0.171 e. The van der Waals surface area contributed by atoms with Gasteiger partial charge in [0.05, 0.1) is 13.1 Å². The first-order chi connectivity index (χ1) is 7.88. The van der Waals surface area contributed by atoms with Crippen LogP contribution in [0, 0.1) is 0 Å². The summed E-state index contributed by atoms with van der Waals surface area (Å²) < 4.78 is 7.69. The Balaban J connectivity index is 2.08. The number of benzene rings is 1. The lowest BCUT2D eigenvalue weighted by molar-refractivity contribution is 0.297. The second kappa shape index (κ2) is 3.61. The van der Waals surface area contributed by atoms with Gasteiger partial charge in [0.2, 0.25) is 0 Å². The van der Waals surface area contributed by atoms with Crippen molar-refractivity contribution in [3.05, 3.63) is 41.5 Å². The molecule has 0 saturated carbocycles. The number of aromatic nitrogens is 3. The average molecular weight is 216 g/mol. The lowest BCUT2D eigenvalue weighted by Crippen LogP contribution is -2.10. The van der Waals surface area contributed by atoms with E-state index in [1.54, 1.807) is 0 Å². The van der Waals surface area contributed by atoms with Crippen LogP contribution in [0.4, 0.5) is 0 Å². The molecular formula is C11H12N4O. The molecule has 1 aliphatic heterocycles. The van der Waals surface area contributed by atoms with Crippen LogP contribution in [0.2, 0.25) is 0 Å². The van der Waals surface area contributed by atoms with Gasteiger partial charge in [-0.05, 0) is 6.07 Å². The molecule has 2 aromatic rings. The molecule has 2 N–H and O–H groups in total. The minimum Gasteiger partial charge on any atom is -0.485 e. The molecule has 1 aromatic carbocycles. The number of nitrogens with zero attached hydrogens (tertiary/aromatic N) is 3. The summed E-state index contributed by atoms with van der Waals surface area (Å²) in [4.78, 5) is 0. The predicted molar refractivity (Wildman–Crippen MR) is 57.8 cm³/mol. The fraction of sp³-hybridized carbons (Fsp3) is 0.273. The Morgan fingerprint density at radius 1 is 1.31 bits per heavy atom. The number of rotatable bonds is 1. The fourth-order valence-electron chi connectivity index (χ4n) is 1.90. The van der Waals surface area contributed by atoms with Crippen LogP contribution < -0.4 is 10.5 Å². The van der Waals surface area contributed by atoms with Gasteiger partial charge in [0, 0.05) is 5.56 Å². The maximum atomic E-state index is 5.67. The van der Waals surface area contributed by atoms with E-state index in [9.17, 15) is 0 Å². The van der Waals surface area contributed by atoms with Crippen LogP contribution in [-0.2, 0) is 19.7 Å². The maximum absolute atomic E-state index is 5.67. The molecule has 1 aliphatic rings. The molecule has 16 heavy (non-hydrogen) atoms. The minimum atomic E-state index is 0.398. The van der Waals surface area contributed by atoms with Crippen molar-refractivity contribution in [3.63, 3.8) is 0 Å². The van der Waals surface area contributed by atoms with Crippen molar-refractivity contribution in [1.82, 2.24) is 14.8 Å². The Morgan fingerprint density at radius 2 is 2.19 bits per heavy atom. The first-order valence-corrected chi connectivity index (χ1v) is 5.20. The molecule has 0 spiro atoms. The molecule has 2 heterocycles. The van der Waals surface area contributed by atoms with Gasteiger partial charge in [-0.25, -0.2) is 0 Å². The zero-order valence-electron chi connectivity index (χ0n) is 8.76. The van der Waals surface area contributed by atoms with Gasteiger partial charge >= 0.3 is 0 Å². The predicted octanol–water partition coefficient (Wildman–Crippen LogP) is 0.677. The van der Waals surface area contributed by atoms with Crippen LogP contribution >= 0.6 is 0 Å². The monoisotopic (exact) mass is 216 g/mol. The minimum absolute atomic E-state index is 0.398. The third-order valence-electron chi connectivity index (χ3n) is 2.74. The van der Waals surface area contributed by atoms with E-state index in [4.69, 9.17) is 10.5 Å². The first kappa shape index (κ1) is 9.35. The largest absolute Gasteiger partial charge is 0.485 e. The van der Waals surface area contributed by atoms with Crippen molar-refractivity contribution in [2.45, 2.75) is 19.7 Å². The molecule has 0 amide bonds. The van der Waals surface area contributed by atoms with Gasteiger partial charge in [-0.1, -0.05) is 18.2 Å². The molecule has 0 aliphatic carbocycles. The second-order valence-corrected chi connectivity index (χ2v) is 3.72. The summed E-state index contributed by atoms with van der Waals surface area (Å²) in [6, 6.07) is 7.98. The first-order valence-electron chi connectivity index (χ1n) is 5.20. The van der Waals surface area contributed by atoms with Gasteiger partial charge in [0.1, 0.15) is 18.2 Å². The zero-order chi connectivity index (χ0) is 11.0. The molecule has 3 rings (SSSR count). The Morgan fingerprint density at radius 3 is 3.06 bits per heavy atom. The van der Waals surface area contributed by atoms with Crippen molar-refractivity contribution in [2.75, 3.05) is 0 Å². The number of fused-ring (bicyclic) bond motifs is 2. The Labute approximate surface area is 92.9 Å². The molecular weight excluding hydrogens is 204 g/mol. The SMILES string of the molecule is NCc1nnc2n1Cc1ccccc1OC2. The quantitative estimate of drug-likeness (QED) is 0.761.